The number of nitrogens with zero attached hydrogens (tertiary/aromatic N) is 2. The summed E-state index contributed by atoms with van der Waals surface area (Å²) in [7, 11) is 0. The maximum Gasteiger partial charge on any atom is 0.246 e. The van der Waals surface area contributed by atoms with Gasteiger partial charge in [0.2, 0.25) is 5.91 Å². The van der Waals surface area contributed by atoms with E-state index in [-0.39, 0.29) is 5.91 Å². The van der Waals surface area contributed by atoms with Gasteiger partial charge in [0.05, 0.1) is 15.2 Å². The molecule has 1 aliphatic rings. The number of thiazole rings is 1. The van der Waals surface area contributed by atoms with Crippen LogP contribution in [0.15, 0.2) is 59.5 Å². The summed E-state index contributed by atoms with van der Waals surface area (Å²) in [6, 6.07) is 16.6. The number of likely N-dealkylation sites (tertiary alicyclic amines) is 1. The molecule has 2 heterocycles. The van der Waals surface area contributed by atoms with Crippen LogP contribution in [0.3, 0.4) is 0 Å². The summed E-state index contributed by atoms with van der Waals surface area (Å²) in [4.78, 5) is 20.5. The number of aromatic nitrogens is 1. The maximum atomic E-state index is 12.5. The van der Waals surface area contributed by atoms with Crippen molar-refractivity contribution in [2.75, 3.05) is 19.3 Å². The highest BCUT2D eigenvalue weighted by atomic mass is 32.2. The molecule has 5 heteroatoms. The number of fused-ring (bicyclic) bond motifs is 1. The fourth-order valence-electron chi connectivity index (χ4n) is 3.40. The van der Waals surface area contributed by atoms with E-state index < -0.39 is 0 Å². The molecule has 138 valence electrons. The summed E-state index contributed by atoms with van der Waals surface area (Å²) in [5.41, 5.74) is 2.15. The predicted molar refractivity (Wildman–Crippen MR) is 115 cm³/mol. The van der Waals surface area contributed by atoms with Gasteiger partial charge in [-0.3, -0.25) is 4.79 Å². The number of para-hydroxylation sites is 1. The Balaban J connectivity index is 1.35. The number of carbonyl (C=O) groups is 1. The number of benzene rings is 2. The maximum absolute atomic E-state index is 12.5. The Bertz CT molecular complexity index is 921. The molecule has 27 heavy (non-hydrogen) atoms. The fourth-order valence-corrected chi connectivity index (χ4v) is 4.94. The van der Waals surface area contributed by atoms with E-state index in [1.807, 2.05) is 17.0 Å². The Hall–Kier alpha value is -2.11. The Kier molecular flexibility index (Phi) is 5.60. The van der Waals surface area contributed by atoms with Crippen LogP contribution in [0.2, 0.25) is 0 Å². The molecule has 3 nitrogen and oxygen atoms in total. The Labute approximate surface area is 168 Å². The van der Waals surface area contributed by atoms with Gasteiger partial charge in [-0.15, -0.1) is 23.1 Å². The number of rotatable bonds is 4. The van der Waals surface area contributed by atoms with Crippen molar-refractivity contribution in [2.24, 2.45) is 0 Å². The van der Waals surface area contributed by atoms with Crippen LogP contribution in [0.25, 0.3) is 16.3 Å². The van der Waals surface area contributed by atoms with Gasteiger partial charge in [-0.05, 0) is 55.0 Å². The van der Waals surface area contributed by atoms with E-state index in [1.54, 1.807) is 29.2 Å². The van der Waals surface area contributed by atoms with Crippen molar-refractivity contribution in [2.45, 2.75) is 23.7 Å². The summed E-state index contributed by atoms with van der Waals surface area (Å²) < 4.78 is 1.25. The normalized spacial score (nSPS) is 15.7. The molecule has 1 fully saturated rings. The molecule has 1 aliphatic heterocycles. The lowest BCUT2D eigenvalue weighted by atomic mass is 9.97. The molecule has 3 aromatic rings. The number of carbonyl (C=O) groups excluding carboxylic acids is 1. The lowest BCUT2D eigenvalue weighted by Crippen LogP contribution is -2.36. The van der Waals surface area contributed by atoms with E-state index in [0.29, 0.717) is 5.92 Å². The Morgan fingerprint density at radius 3 is 2.59 bits per heavy atom. The molecule has 4 rings (SSSR count). The minimum absolute atomic E-state index is 0.103. The van der Waals surface area contributed by atoms with Gasteiger partial charge in [0, 0.05) is 30.0 Å². The first-order valence-electron chi connectivity index (χ1n) is 9.19. The first-order chi connectivity index (χ1) is 13.2. The highest BCUT2D eigenvalue weighted by Crippen LogP contribution is 2.33. The second-order valence-electron chi connectivity index (χ2n) is 6.73. The fraction of sp³-hybridized carbons (Fsp3) is 0.273. The molecule has 0 radical (unpaired) electrons. The molecule has 0 unspecified atom stereocenters. The van der Waals surface area contributed by atoms with Crippen molar-refractivity contribution in [1.29, 1.82) is 0 Å². The average molecular weight is 395 g/mol. The average Bonchev–Trinajstić information content (AvgIpc) is 3.17. The van der Waals surface area contributed by atoms with Crippen molar-refractivity contribution >= 4 is 45.3 Å². The molecule has 0 atom stereocenters. The van der Waals surface area contributed by atoms with E-state index >= 15 is 0 Å². The zero-order chi connectivity index (χ0) is 18.6. The number of hydrogen-bond donors (Lipinski definition) is 0. The number of piperidine rings is 1. The summed E-state index contributed by atoms with van der Waals surface area (Å²) in [5.74, 6) is 0.571. The molecule has 0 aliphatic carbocycles. The molecule has 0 bridgehead atoms. The molecule has 0 spiro atoms. The summed E-state index contributed by atoms with van der Waals surface area (Å²) >= 11 is 3.51. The van der Waals surface area contributed by atoms with Crippen molar-refractivity contribution in [3.63, 3.8) is 0 Å². The minimum Gasteiger partial charge on any atom is -0.339 e. The monoisotopic (exact) mass is 394 g/mol. The lowest BCUT2D eigenvalue weighted by molar-refractivity contribution is -0.126. The van der Waals surface area contributed by atoms with Crippen LogP contribution < -0.4 is 0 Å². The van der Waals surface area contributed by atoms with E-state index in [2.05, 4.69) is 48.7 Å². The van der Waals surface area contributed by atoms with Gasteiger partial charge in [0.25, 0.3) is 0 Å². The summed E-state index contributed by atoms with van der Waals surface area (Å²) in [6.45, 7) is 1.60. The van der Waals surface area contributed by atoms with Crippen molar-refractivity contribution in [3.05, 3.63) is 65.2 Å². The van der Waals surface area contributed by atoms with E-state index in [1.165, 1.54) is 14.6 Å². The van der Waals surface area contributed by atoms with Gasteiger partial charge in [0.1, 0.15) is 0 Å². The van der Waals surface area contributed by atoms with Crippen LogP contribution in [0, 0.1) is 0 Å². The first-order valence-corrected chi connectivity index (χ1v) is 11.2. The zero-order valence-corrected chi connectivity index (χ0v) is 16.9. The van der Waals surface area contributed by atoms with Crippen LogP contribution in [0.1, 0.15) is 29.3 Å². The Morgan fingerprint density at radius 2 is 1.89 bits per heavy atom. The second kappa shape index (κ2) is 8.28. The third kappa shape index (κ3) is 4.25. The van der Waals surface area contributed by atoms with E-state index in [9.17, 15) is 4.79 Å². The van der Waals surface area contributed by atoms with Gasteiger partial charge in [-0.2, -0.15) is 0 Å². The number of thioether (sulfide) groups is 1. The van der Waals surface area contributed by atoms with Crippen LogP contribution in [0.4, 0.5) is 0 Å². The lowest BCUT2D eigenvalue weighted by Gasteiger charge is -2.30. The highest BCUT2D eigenvalue weighted by molar-refractivity contribution is 7.98. The summed E-state index contributed by atoms with van der Waals surface area (Å²) in [6.07, 6.45) is 7.65. The smallest absolute Gasteiger partial charge is 0.246 e. The second-order valence-corrected chi connectivity index (χ2v) is 8.67. The minimum atomic E-state index is 0.103. The zero-order valence-electron chi connectivity index (χ0n) is 15.3. The topological polar surface area (TPSA) is 33.2 Å². The van der Waals surface area contributed by atoms with Crippen molar-refractivity contribution in [3.8, 4) is 0 Å². The van der Waals surface area contributed by atoms with E-state index in [4.69, 9.17) is 4.98 Å². The molecule has 2 aromatic carbocycles. The van der Waals surface area contributed by atoms with Crippen LogP contribution in [0.5, 0.6) is 0 Å². The quantitative estimate of drug-likeness (QED) is 0.436. The third-order valence-electron chi connectivity index (χ3n) is 5.00. The van der Waals surface area contributed by atoms with Crippen molar-refractivity contribution in [1.82, 2.24) is 9.88 Å². The van der Waals surface area contributed by atoms with Crippen LogP contribution in [-0.4, -0.2) is 35.1 Å². The van der Waals surface area contributed by atoms with Gasteiger partial charge < -0.3 is 4.90 Å². The van der Waals surface area contributed by atoms with Crippen molar-refractivity contribution < 1.29 is 4.79 Å². The number of amides is 1. The first kappa shape index (κ1) is 18.3. The van der Waals surface area contributed by atoms with Gasteiger partial charge >= 0.3 is 0 Å². The van der Waals surface area contributed by atoms with Crippen LogP contribution >= 0.6 is 23.1 Å². The standard InChI is InChI=1S/C22H22N2OS2/c1-26-18-9-6-16(7-10-18)8-11-21(25)24-14-12-17(13-15-24)22-23-19-4-2-3-5-20(19)27-22/h2-11,17H,12-15H2,1H3/b11-8+. The summed E-state index contributed by atoms with van der Waals surface area (Å²) in [5, 5.41) is 1.22. The molecular weight excluding hydrogens is 372 g/mol. The van der Waals surface area contributed by atoms with E-state index in [0.717, 1.165) is 37.0 Å². The van der Waals surface area contributed by atoms with Gasteiger partial charge in [0.15, 0.2) is 0 Å². The largest absolute Gasteiger partial charge is 0.339 e. The predicted octanol–water partition coefficient (Wildman–Crippen LogP) is 5.44. The molecule has 0 N–H and O–H groups in total. The SMILES string of the molecule is CSc1ccc(/C=C/C(=O)N2CCC(c3nc4ccccc4s3)CC2)cc1. The highest BCUT2D eigenvalue weighted by Gasteiger charge is 2.24. The number of hydrogen-bond acceptors (Lipinski definition) is 4. The Morgan fingerprint density at radius 1 is 1.15 bits per heavy atom. The molecule has 1 saturated heterocycles. The third-order valence-corrected chi connectivity index (χ3v) is 6.94. The van der Waals surface area contributed by atoms with Gasteiger partial charge in [-0.25, -0.2) is 4.98 Å². The molecule has 1 aromatic heterocycles. The molecule has 0 saturated carbocycles. The molecule has 1 amide bonds. The van der Waals surface area contributed by atoms with Gasteiger partial charge in [-0.1, -0.05) is 24.3 Å². The van der Waals surface area contributed by atoms with Crippen LogP contribution in [-0.2, 0) is 4.79 Å². The molecular formula is C22H22N2OS2.